The van der Waals surface area contributed by atoms with Crippen LogP contribution in [0.2, 0.25) is 0 Å². The number of hydrogen-bond donors (Lipinski definition) is 0. The second-order valence-corrected chi connectivity index (χ2v) is 5.72. The lowest BCUT2D eigenvalue weighted by Crippen LogP contribution is -2.42. The highest BCUT2D eigenvalue weighted by molar-refractivity contribution is 5.80. The van der Waals surface area contributed by atoms with Crippen LogP contribution in [-0.4, -0.2) is 36.5 Å². The molecule has 0 aromatic rings. The number of carbonyl (C=O) groups excluding carboxylic acids is 2. The van der Waals surface area contributed by atoms with Crippen LogP contribution in [0.3, 0.4) is 0 Å². The average Bonchev–Trinajstić information content (AvgIpc) is 2.48. The summed E-state index contributed by atoms with van der Waals surface area (Å²) in [5, 5.41) is 0. The third-order valence-corrected chi connectivity index (χ3v) is 4.16. The van der Waals surface area contributed by atoms with Gasteiger partial charge >= 0.3 is 5.97 Å². The molecule has 2 rings (SSSR count). The molecule has 4 heteroatoms. The van der Waals surface area contributed by atoms with Gasteiger partial charge in [-0.3, -0.25) is 9.59 Å². The number of carbonyl (C=O) groups is 2. The van der Waals surface area contributed by atoms with Crippen molar-refractivity contribution < 1.29 is 14.3 Å². The second-order valence-electron chi connectivity index (χ2n) is 5.72. The zero-order valence-corrected chi connectivity index (χ0v) is 12.4. The van der Waals surface area contributed by atoms with Crippen molar-refractivity contribution in [3.8, 4) is 0 Å². The minimum Gasteiger partial charge on any atom is -0.466 e. The molecule has 1 aliphatic carbocycles. The van der Waals surface area contributed by atoms with E-state index in [-0.39, 0.29) is 17.8 Å². The maximum atomic E-state index is 12.3. The van der Waals surface area contributed by atoms with E-state index >= 15 is 0 Å². The predicted molar refractivity (Wildman–Crippen MR) is 77.1 cm³/mol. The van der Waals surface area contributed by atoms with Gasteiger partial charge < -0.3 is 9.64 Å². The van der Waals surface area contributed by atoms with Crippen LogP contribution in [0.4, 0.5) is 0 Å². The number of amides is 1. The molecule has 1 amide bonds. The van der Waals surface area contributed by atoms with Crippen LogP contribution in [0.25, 0.3) is 0 Å². The van der Waals surface area contributed by atoms with E-state index in [1.807, 2.05) is 11.8 Å². The van der Waals surface area contributed by atoms with Gasteiger partial charge in [-0.1, -0.05) is 11.6 Å². The zero-order valence-electron chi connectivity index (χ0n) is 12.4. The van der Waals surface area contributed by atoms with Gasteiger partial charge in [0.15, 0.2) is 0 Å². The molecule has 0 aromatic heterocycles. The fourth-order valence-electron chi connectivity index (χ4n) is 3.03. The molecule has 1 saturated heterocycles. The summed E-state index contributed by atoms with van der Waals surface area (Å²) in [6, 6.07) is 0. The minimum absolute atomic E-state index is 0.131. The Bertz CT molecular complexity index is 389. The summed E-state index contributed by atoms with van der Waals surface area (Å²) in [5.74, 6) is -0.109. The van der Waals surface area contributed by atoms with Crippen LogP contribution >= 0.6 is 0 Å². The number of piperidine rings is 1. The number of rotatable bonds is 4. The summed E-state index contributed by atoms with van der Waals surface area (Å²) in [6.45, 7) is 3.54. The highest BCUT2D eigenvalue weighted by Gasteiger charge is 2.29. The van der Waals surface area contributed by atoms with E-state index in [1.165, 1.54) is 18.4 Å². The van der Waals surface area contributed by atoms with E-state index in [4.69, 9.17) is 4.74 Å². The number of ether oxygens (including phenoxy) is 1. The van der Waals surface area contributed by atoms with Crippen LogP contribution in [0, 0.1) is 5.92 Å². The van der Waals surface area contributed by atoms with Gasteiger partial charge in [0.1, 0.15) is 0 Å². The molecule has 0 spiro atoms. The molecule has 2 aliphatic rings. The molecule has 0 saturated carbocycles. The van der Waals surface area contributed by atoms with Gasteiger partial charge in [0.2, 0.25) is 5.91 Å². The van der Waals surface area contributed by atoms with Gasteiger partial charge in [-0.2, -0.15) is 0 Å². The van der Waals surface area contributed by atoms with Crippen molar-refractivity contribution in [2.24, 2.45) is 5.92 Å². The van der Waals surface area contributed by atoms with E-state index in [2.05, 4.69) is 6.08 Å². The third kappa shape index (κ3) is 4.09. The molecule has 0 bridgehead atoms. The van der Waals surface area contributed by atoms with Crippen molar-refractivity contribution in [2.75, 3.05) is 19.7 Å². The molecule has 0 unspecified atom stereocenters. The zero-order chi connectivity index (χ0) is 14.4. The van der Waals surface area contributed by atoms with Crippen molar-refractivity contribution in [2.45, 2.75) is 51.9 Å². The molecule has 1 aliphatic heterocycles. The minimum atomic E-state index is -0.151. The maximum Gasteiger partial charge on any atom is 0.310 e. The van der Waals surface area contributed by atoms with Crippen molar-refractivity contribution in [1.82, 2.24) is 4.90 Å². The molecular weight excluding hydrogens is 254 g/mol. The molecule has 112 valence electrons. The normalized spacial score (nSPS) is 23.1. The quantitative estimate of drug-likeness (QED) is 0.587. The highest BCUT2D eigenvalue weighted by atomic mass is 16.5. The van der Waals surface area contributed by atoms with E-state index in [9.17, 15) is 9.59 Å². The van der Waals surface area contributed by atoms with Gasteiger partial charge in [0.05, 0.1) is 12.5 Å². The first kappa shape index (κ1) is 15.1. The molecule has 1 fully saturated rings. The largest absolute Gasteiger partial charge is 0.466 e. The van der Waals surface area contributed by atoms with E-state index in [1.54, 1.807) is 0 Å². The number of likely N-dealkylation sites (tertiary alicyclic amines) is 1. The Hall–Kier alpha value is -1.32. The Balaban J connectivity index is 1.86. The first-order valence-corrected chi connectivity index (χ1v) is 7.83. The van der Waals surface area contributed by atoms with Crippen LogP contribution < -0.4 is 0 Å². The fraction of sp³-hybridized carbons (Fsp3) is 0.750. The van der Waals surface area contributed by atoms with Gasteiger partial charge in [-0.05, 0) is 45.4 Å². The number of hydrogen-bond acceptors (Lipinski definition) is 3. The van der Waals surface area contributed by atoms with E-state index in [0.29, 0.717) is 19.6 Å². The molecule has 4 nitrogen and oxygen atoms in total. The molecule has 20 heavy (non-hydrogen) atoms. The smallest absolute Gasteiger partial charge is 0.310 e. The van der Waals surface area contributed by atoms with Gasteiger partial charge in [0, 0.05) is 19.5 Å². The van der Waals surface area contributed by atoms with Crippen molar-refractivity contribution in [3.05, 3.63) is 11.6 Å². The number of allylic oxidation sites excluding steroid dienone is 1. The Kier molecular flexibility index (Phi) is 5.62. The monoisotopic (exact) mass is 279 g/mol. The summed E-state index contributed by atoms with van der Waals surface area (Å²) in [4.78, 5) is 26.0. The Morgan fingerprint density at radius 1 is 1.35 bits per heavy atom. The Morgan fingerprint density at radius 2 is 2.20 bits per heavy atom. The lowest BCUT2D eigenvalue weighted by atomic mass is 9.95. The molecule has 0 radical (unpaired) electrons. The predicted octanol–water partition coefficient (Wildman–Crippen LogP) is 2.68. The van der Waals surface area contributed by atoms with Crippen LogP contribution in [0.5, 0.6) is 0 Å². The summed E-state index contributed by atoms with van der Waals surface area (Å²) in [5.41, 5.74) is 1.28. The summed E-state index contributed by atoms with van der Waals surface area (Å²) in [6.07, 6.45) is 9.09. The van der Waals surface area contributed by atoms with Gasteiger partial charge in [-0.15, -0.1) is 0 Å². The van der Waals surface area contributed by atoms with Gasteiger partial charge in [-0.25, -0.2) is 0 Å². The third-order valence-electron chi connectivity index (χ3n) is 4.16. The standard InChI is InChI=1S/C16H25NO3/c1-2-20-16(19)14-9-6-10-17(12-14)15(18)11-13-7-4-3-5-8-13/h7,14H,2-6,8-12H2,1H3/t14-/m1/s1. The van der Waals surface area contributed by atoms with Crippen LogP contribution in [-0.2, 0) is 14.3 Å². The average molecular weight is 279 g/mol. The molecular formula is C16H25NO3. The summed E-state index contributed by atoms with van der Waals surface area (Å²) >= 11 is 0. The number of nitrogens with zero attached hydrogens (tertiary/aromatic N) is 1. The lowest BCUT2D eigenvalue weighted by molar-refractivity contribution is -0.151. The van der Waals surface area contributed by atoms with Crippen molar-refractivity contribution >= 4 is 11.9 Å². The molecule has 1 atom stereocenters. The fourth-order valence-corrected chi connectivity index (χ4v) is 3.03. The Labute approximate surface area is 121 Å². The maximum absolute atomic E-state index is 12.3. The molecule has 1 heterocycles. The van der Waals surface area contributed by atoms with Crippen LogP contribution in [0.15, 0.2) is 11.6 Å². The van der Waals surface area contributed by atoms with Gasteiger partial charge in [0.25, 0.3) is 0 Å². The first-order chi connectivity index (χ1) is 9.70. The SMILES string of the molecule is CCOC(=O)[C@@H]1CCCN(C(=O)CC2=CCCCC2)C1. The number of esters is 1. The lowest BCUT2D eigenvalue weighted by Gasteiger charge is -2.32. The first-order valence-electron chi connectivity index (χ1n) is 7.83. The van der Waals surface area contributed by atoms with Crippen molar-refractivity contribution in [3.63, 3.8) is 0 Å². The van der Waals surface area contributed by atoms with Crippen molar-refractivity contribution in [1.29, 1.82) is 0 Å². The topological polar surface area (TPSA) is 46.6 Å². The summed E-state index contributed by atoms with van der Waals surface area (Å²) < 4.78 is 5.07. The van der Waals surface area contributed by atoms with Crippen LogP contribution in [0.1, 0.15) is 51.9 Å². The molecule has 0 N–H and O–H groups in total. The van der Waals surface area contributed by atoms with E-state index in [0.717, 1.165) is 32.2 Å². The Morgan fingerprint density at radius 3 is 2.90 bits per heavy atom. The van der Waals surface area contributed by atoms with E-state index < -0.39 is 0 Å². The summed E-state index contributed by atoms with van der Waals surface area (Å²) in [7, 11) is 0. The molecule has 0 aromatic carbocycles. The highest BCUT2D eigenvalue weighted by Crippen LogP contribution is 2.23. The second kappa shape index (κ2) is 7.46.